The second-order valence-corrected chi connectivity index (χ2v) is 6.30. The number of carbonyl (C=O) groups excluding carboxylic acids is 1. The van der Waals surface area contributed by atoms with E-state index in [1.807, 2.05) is 57.2 Å². The molecule has 0 radical (unpaired) electrons. The van der Waals surface area contributed by atoms with Gasteiger partial charge in [-0.1, -0.05) is 44.2 Å². The molecule has 1 heterocycles. The maximum Gasteiger partial charge on any atom is 0.320 e. The Labute approximate surface area is 142 Å². The van der Waals surface area contributed by atoms with Gasteiger partial charge in [0, 0.05) is 12.6 Å². The van der Waals surface area contributed by atoms with Gasteiger partial charge in [-0.2, -0.15) is 5.10 Å². The minimum absolute atomic E-state index is 0.185. The van der Waals surface area contributed by atoms with Crippen LogP contribution in [-0.2, 0) is 6.54 Å². The zero-order chi connectivity index (χ0) is 17.5. The van der Waals surface area contributed by atoms with E-state index in [0.717, 1.165) is 11.3 Å². The molecular formula is C18H26N4O2. The highest BCUT2D eigenvalue weighted by Gasteiger charge is 2.12. The fourth-order valence-electron chi connectivity index (χ4n) is 2.35. The molecule has 6 nitrogen and oxygen atoms in total. The minimum atomic E-state index is -0.406. The molecule has 0 aliphatic heterocycles. The third-order valence-corrected chi connectivity index (χ3v) is 3.81. The van der Waals surface area contributed by atoms with Gasteiger partial charge in [-0.15, -0.1) is 0 Å². The Morgan fingerprint density at radius 1 is 1.29 bits per heavy atom. The monoisotopic (exact) mass is 330 g/mol. The molecule has 6 heteroatoms. The van der Waals surface area contributed by atoms with Gasteiger partial charge >= 0.3 is 6.03 Å². The second-order valence-electron chi connectivity index (χ2n) is 6.30. The lowest BCUT2D eigenvalue weighted by atomic mass is 10.0. The number of hydrogen-bond donors (Lipinski definition) is 3. The Balaban J connectivity index is 1.91. The number of anilines is 1. The van der Waals surface area contributed by atoms with E-state index in [9.17, 15) is 9.90 Å². The minimum Gasteiger partial charge on any atom is -0.393 e. The first-order valence-corrected chi connectivity index (χ1v) is 8.27. The van der Waals surface area contributed by atoms with Gasteiger partial charge in [0.2, 0.25) is 0 Å². The summed E-state index contributed by atoms with van der Waals surface area (Å²) in [7, 11) is 0. The summed E-state index contributed by atoms with van der Waals surface area (Å²) in [5.74, 6) is 0.836. The van der Waals surface area contributed by atoms with Crippen molar-refractivity contribution in [2.24, 2.45) is 5.92 Å². The summed E-state index contributed by atoms with van der Waals surface area (Å²) in [5, 5.41) is 19.8. The molecule has 2 amide bonds. The Kier molecular flexibility index (Phi) is 6.37. The third-order valence-electron chi connectivity index (χ3n) is 3.81. The molecule has 130 valence electrons. The molecule has 0 fully saturated rings. The van der Waals surface area contributed by atoms with Crippen LogP contribution in [0, 0.1) is 12.8 Å². The Morgan fingerprint density at radius 3 is 2.67 bits per heavy atom. The van der Waals surface area contributed by atoms with Crippen molar-refractivity contribution in [3.63, 3.8) is 0 Å². The van der Waals surface area contributed by atoms with Crippen LogP contribution in [0.5, 0.6) is 0 Å². The van der Waals surface area contributed by atoms with E-state index in [0.29, 0.717) is 25.3 Å². The van der Waals surface area contributed by atoms with Gasteiger partial charge in [-0.05, 0) is 24.8 Å². The Bertz CT molecular complexity index is 652. The Morgan fingerprint density at radius 2 is 2.00 bits per heavy atom. The predicted octanol–water partition coefficient (Wildman–Crippen LogP) is 2.77. The van der Waals surface area contributed by atoms with Crippen LogP contribution in [0.25, 0.3) is 0 Å². The normalized spacial score (nSPS) is 12.2. The molecule has 0 spiro atoms. The summed E-state index contributed by atoms with van der Waals surface area (Å²) >= 11 is 0. The maximum atomic E-state index is 12.0. The lowest BCUT2D eigenvalue weighted by Crippen LogP contribution is -2.33. The van der Waals surface area contributed by atoms with E-state index >= 15 is 0 Å². The van der Waals surface area contributed by atoms with Gasteiger partial charge in [0.1, 0.15) is 5.82 Å². The number of nitrogens with one attached hydrogen (secondary N) is 2. The lowest BCUT2D eigenvalue weighted by molar-refractivity contribution is 0.117. The molecule has 0 aliphatic rings. The number of aryl methyl sites for hydroxylation is 1. The van der Waals surface area contributed by atoms with Crippen molar-refractivity contribution in [3.8, 4) is 0 Å². The van der Waals surface area contributed by atoms with Crippen LogP contribution in [0.2, 0.25) is 0 Å². The standard InChI is InChI=1S/C18H26N4O2/c1-13(2)16(23)9-10-19-18(24)20-17-11-14(3)21-22(17)12-15-7-5-4-6-8-15/h4-8,11,13,16,23H,9-10,12H2,1-3H3,(H2,19,20,24)/t16-/m0/s1. The number of hydrogen-bond acceptors (Lipinski definition) is 3. The van der Waals surface area contributed by atoms with Crippen molar-refractivity contribution in [1.82, 2.24) is 15.1 Å². The summed E-state index contributed by atoms with van der Waals surface area (Å²) in [6, 6.07) is 11.5. The Hall–Kier alpha value is -2.34. The highest BCUT2D eigenvalue weighted by molar-refractivity contribution is 5.88. The number of urea groups is 1. The number of carbonyl (C=O) groups is 1. The first kappa shape index (κ1) is 18.0. The largest absolute Gasteiger partial charge is 0.393 e. The molecule has 1 atom stereocenters. The zero-order valence-corrected chi connectivity index (χ0v) is 14.5. The van der Waals surface area contributed by atoms with Crippen molar-refractivity contribution in [3.05, 3.63) is 47.7 Å². The third kappa shape index (κ3) is 5.38. The quantitative estimate of drug-likeness (QED) is 0.730. The average Bonchev–Trinajstić information content (AvgIpc) is 2.87. The molecule has 2 aromatic rings. The first-order valence-electron chi connectivity index (χ1n) is 8.27. The van der Waals surface area contributed by atoms with E-state index < -0.39 is 6.10 Å². The first-order chi connectivity index (χ1) is 11.5. The van der Waals surface area contributed by atoms with Crippen LogP contribution >= 0.6 is 0 Å². The van der Waals surface area contributed by atoms with Crippen molar-refractivity contribution in [1.29, 1.82) is 0 Å². The van der Waals surface area contributed by atoms with Crippen LogP contribution in [0.1, 0.15) is 31.5 Å². The molecule has 1 aromatic heterocycles. The molecule has 3 N–H and O–H groups in total. The van der Waals surface area contributed by atoms with Gasteiger partial charge in [0.05, 0.1) is 18.3 Å². The van der Waals surface area contributed by atoms with Gasteiger partial charge in [0.15, 0.2) is 0 Å². The van der Waals surface area contributed by atoms with E-state index in [1.165, 1.54) is 0 Å². The molecule has 0 bridgehead atoms. The van der Waals surface area contributed by atoms with E-state index in [4.69, 9.17) is 0 Å². The number of aliphatic hydroxyl groups is 1. The highest BCUT2D eigenvalue weighted by Crippen LogP contribution is 2.13. The molecule has 0 saturated heterocycles. The van der Waals surface area contributed by atoms with Crippen LogP contribution in [0.15, 0.2) is 36.4 Å². The number of benzene rings is 1. The number of nitrogens with zero attached hydrogens (tertiary/aromatic N) is 2. The molecule has 2 rings (SSSR count). The van der Waals surface area contributed by atoms with Crippen LogP contribution in [-0.4, -0.2) is 33.6 Å². The summed E-state index contributed by atoms with van der Waals surface area (Å²) in [6.07, 6.45) is 0.129. The highest BCUT2D eigenvalue weighted by atomic mass is 16.3. The number of aliphatic hydroxyl groups excluding tert-OH is 1. The number of amides is 2. The smallest absolute Gasteiger partial charge is 0.320 e. The fraction of sp³-hybridized carbons (Fsp3) is 0.444. The van der Waals surface area contributed by atoms with Gasteiger partial charge in [-0.3, -0.25) is 5.32 Å². The number of rotatable bonds is 7. The zero-order valence-electron chi connectivity index (χ0n) is 14.5. The SMILES string of the molecule is Cc1cc(NC(=O)NCC[C@H](O)C(C)C)n(Cc2ccccc2)n1. The maximum absolute atomic E-state index is 12.0. The predicted molar refractivity (Wildman–Crippen MR) is 95.0 cm³/mol. The van der Waals surface area contributed by atoms with Crippen molar-refractivity contribution >= 4 is 11.8 Å². The molecule has 1 aromatic carbocycles. The van der Waals surface area contributed by atoms with Gasteiger partial charge in [-0.25, -0.2) is 9.48 Å². The average molecular weight is 330 g/mol. The van der Waals surface area contributed by atoms with Crippen LogP contribution < -0.4 is 10.6 Å². The van der Waals surface area contributed by atoms with Crippen LogP contribution in [0.3, 0.4) is 0 Å². The second kappa shape index (κ2) is 8.49. The molecular weight excluding hydrogens is 304 g/mol. The fourth-order valence-corrected chi connectivity index (χ4v) is 2.35. The molecule has 0 saturated carbocycles. The van der Waals surface area contributed by atoms with E-state index in [-0.39, 0.29) is 11.9 Å². The van der Waals surface area contributed by atoms with Crippen molar-refractivity contribution in [2.75, 3.05) is 11.9 Å². The van der Waals surface area contributed by atoms with E-state index in [2.05, 4.69) is 15.7 Å². The van der Waals surface area contributed by atoms with Gasteiger partial charge in [0.25, 0.3) is 0 Å². The van der Waals surface area contributed by atoms with Crippen molar-refractivity contribution < 1.29 is 9.90 Å². The number of aromatic nitrogens is 2. The lowest BCUT2D eigenvalue weighted by Gasteiger charge is -2.15. The summed E-state index contributed by atoms with van der Waals surface area (Å²) in [5.41, 5.74) is 1.96. The molecule has 0 unspecified atom stereocenters. The molecule has 24 heavy (non-hydrogen) atoms. The topological polar surface area (TPSA) is 79.2 Å². The summed E-state index contributed by atoms with van der Waals surface area (Å²) < 4.78 is 1.77. The van der Waals surface area contributed by atoms with E-state index in [1.54, 1.807) is 4.68 Å². The van der Waals surface area contributed by atoms with Crippen LogP contribution in [0.4, 0.5) is 10.6 Å². The van der Waals surface area contributed by atoms with Crippen molar-refractivity contribution in [2.45, 2.75) is 39.8 Å². The van der Waals surface area contributed by atoms with Gasteiger partial charge < -0.3 is 10.4 Å². The summed E-state index contributed by atoms with van der Waals surface area (Å²) in [4.78, 5) is 12.0. The summed E-state index contributed by atoms with van der Waals surface area (Å²) in [6.45, 7) is 6.82. The molecule has 0 aliphatic carbocycles.